The first-order chi connectivity index (χ1) is 17.9. The summed E-state index contributed by atoms with van der Waals surface area (Å²) in [6.07, 6.45) is 1.45. The SMILES string of the molecule is CCOc1ccc(NC(=O)/C(C#N)=C/c2cc(Br)c(OCC(=O)Nc3ccccc3)c(OCC)c2)cc1. The van der Waals surface area contributed by atoms with Crippen molar-refractivity contribution >= 4 is 45.2 Å². The number of hydrogen-bond acceptors (Lipinski definition) is 6. The molecule has 0 saturated carbocycles. The van der Waals surface area contributed by atoms with E-state index in [-0.39, 0.29) is 18.1 Å². The lowest BCUT2D eigenvalue weighted by molar-refractivity contribution is -0.118. The molecule has 2 amide bonds. The molecule has 9 heteroatoms. The van der Waals surface area contributed by atoms with Crippen molar-refractivity contribution in [1.29, 1.82) is 5.26 Å². The van der Waals surface area contributed by atoms with Gasteiger partial charge in [0.15, 0.2) is 18.1 Å². The van der Waals surface area contributed by atoms with Crippen molar-refractivity contribution in [2.24, 2.45) is 0 Å². The van der Waals surface area contributed by atoms with Crippen LogP contribution in [0.2, 0.25) is 0 Å². The van der Waals surface area contributed by atoms with Crippen molar-refractivity contribution in [3.63, 3.8) is 0 Å². The number of carbonyl (C=O) groups is 2. The van der Waals surface area contributed by atoms with Gasteiger partial charge in [-0.2, -0.15) is 5.26 Å². The van der Waals surface area contributed by atoms with Crippen molar-refractivity contribution in [2.45, 2.75) is 13.8 Å². The fraction of sp³-hybridized carbons (Fsp3) is 0.179. The maximum atomic E-state index is 12.7. The number of benzene rings is 3. The largest absolute Gasteiger partial charge is 0.494 e. The van der Waals surface area contributed by atoms with Crippen LogP contribution < -0.4 is 24.8 Å². The molecular weight excluding hydrogens is 538 g/mol. The van der Waals surface area contributed by atoms with E-state index >= 15 is 0 Å². The summed E-state index contributed by atoms with van der Waals surface area (Å²) in [4.78, 5) is 25.0. The molecule has 0 aliphatic heterocycles. The van der Waals surface area contributed by atoms with E-state index in [0.717, 1.165) is 0 Å². The molecule has 0 aliphatic carbocycles. The van der Waals surface area contributed by atoms with Crippen LogP contribution in [-0.2, 0) is 9.59 Å². The van der Waals surface area contributed by atoms with Gasteiger partial charge in [-0.25, -0.2) is 0 Å². The fourth-order valence-electron chi connectivity index (χ4n) is 3.25. The lowest BCUT2D eigenvalue weighted by atomic mass is 10.1. The summed E-state index contributed by atoms with van der Waals surface area (Å²) in [6.45, 7) is 4.34. The molecule has 37 heavy (non-hydrogen) atoms. The number of nitrogens with one attached hydrogen (secondary N) is 2. The number of para-hydroxylation sites is 1. The van der Waals surface area contributed by atoms with Gasteiger partial charge in [-0.15, -0.1) is 0 Å². The molecule has 0 fully saturated rings. The minimum atomic E-state index is -0.557. The zero-order valence-electron chi connectivity index (χ0n) is 20.4. The van der Waals surface area contributed by atoms with E-state index in [1.807, 2.05) is 38.1 Å². The van der Waals surface area contributed by atoms with Crippen LogP contribution in [0.3, 0.4) is 0 Å². The van der Waals surface area contributed by atoms with Gasteiger partial charge in [-0.1, -0.05) is 18.2 Å². The van der Waals surface area contributed by atoms with Crippen LogP contribution in [0.5, 0.6) is 17.2 Å². The number of carbonyl (C=O) groups excluding carboxylic acids is 2. The Balaban J connectivity index is 1.74. The smallest absolute Gasteiger partial charge is 0.266 e. The Bertz CT molecular complexity index is 1300. The zero-order valence-corrected chi connectivity index (χ0v) is 22.0. The third kappa shape index (κ3) is 8.12. The molecule has 3 aromatic carbocycles. The van der Waals surface area contributed by atoms with Gasteiger partial charge in [0.2, 0.25) is 0 Å². The number of nitrogens with zero attached hydrogens (tertiary/aromatic N) is 1. The molecule has 0 saturated heterocycles. The van der Waals surface area contributed by atoms with Crippen molar-refractivity contribution in [3.05, 3.63) is 82.3 Å². The summed E-state index contributed by atoms with van der Waals surface area (Å²) < 4.78 is 17.3. The van der Waals surface area contributed by atoms with Crippen LogP contribution in [0, 0.1) is 11.3 Å². The Labute approximate surface area is 224 Å². The zero-order chi connectivity index (χ0) is 26.6. The average molecular weight is 564 g/mol. The summed E-state index contributed by atoms with van der Waals surface area (Å²) in [5.41, 5.74) is 1.63. The molecule has 0 atom stereocenters. The Morgan fingerprint density at radius 2 is 1.59 bits per heavy atom. The first kappa shape index (κ1) is 27.3. The van der Waals surface area contributed by atoms with Gasteiger partial charge in [-0.05, 0) is 89.9 Å². The monoisotopic (exact) mass is 563 g/mol. The predicted molar refractivity (Wildman–Crippen MR) is 146 cm³/mol. The third-order valence-electron chi connectivity index (χ3n) is 4.84. The highest BCUT2D eigenvalue weighted by Gasteiger charge is 2.16. The van der Waals surface area contributed by atoms with Crippen LogP contribution in [0.1, 0.15) is 19.4 Å². The molecule has 0 radical (unpaired) electrons. The van der Waals surface area contributed by atoms with E-state index in [0.29, 0.717) is 51.9 Å². The van der Waals surface area contributed by atoms with Gasteiger partial charge >= 0.3 is 0 Å². The van der Waals surface area contributed by atoms with E-state index in [2.05, 4.69) is 26.6 Å². The third-order valence-corrected chi connectivity index (χ3v) is 5.43. The molecule has 0 spiro atoms. The van der Waals surface area contributed by atoms with E-state index in [1.165, 1.54) is 6.08 Å². The second-order valence-electron chi connectivity index (χ2n) is 7.55. The van der Waals surface area contributed by atoms with Gasteiger partial charge in [0.1, 0.15) is 17.4 Å². The average Bonchev–Trinajstić information content (AvgIpc) is 2.89. The summed E-state index contributed by atoms with van der Waals surface area (Å²) in [5, 5.41) is 15.1. The second-order valence-corrected chi connectivity index (χ2v) is 8.40. The van der Waals surface area contributed by atoms with Crippen molar-refractivity contribution in [2.75, 3.05) is 30.5 Å². The molecule has 0 heterocycles. The lowest BCUT2D eigenvalue weighted by Crippen LogP contribution is -2.20. The number of hydrogen-bond donors (Lipinski definition) is 2. The lowest BCUT2D eigenvalue weighted by Gasteiger charge is -2.15. The number of ether oxygens (including phenoxy) is 3. The molecule has 190 valence electrons. The number of nitriles is 1. The van der Waals surface area contributed by atoms with Gasteiger partial charge in [0.05, 0.1) is 17.7 Å². The maximum Gasteiger partial charge on any atom is 0.266 e. The summed E-state index contributed by atoms with van der Waals surface area (Å²) in [6, 6.07) is 21.2. The minimum Gasteiger partial charge on any atom is -0.494 e. The number of halogens is 1. The highest BCUT2D eigenvalue weighted by molar-refractivity contribution is 9.10. The van der Waals surface area contributed by atoms with E-state index in [4.69, 9.17) is 14.2 Å². The van der Waals surface area contributed by atoms with Crippen LogP contribution in [0.15, 0.2) is 76.8 Å². The fourth-order valence-corrected chi connectivity index (χ4v) is 3.82. The first-order valence-electron chi connectivity index (χ1n) is 11.5. The topological polar surface area (TPSA) is 110 Å². The molecule has 8 nitrogen and oxygen atoms in total. The second kappa shape index (κ2) is 13.7. The summed E-state index contributed by atoms with van der Waals surface area (Å²) in [5.74, 6) is 0.491. The Morgan fingerprint density at radius 3 is 2.24 bits per heavy atom. The molecule has 0 unspecified atom stereocenters. The Morgan fingerprint density at radius 1 is 0.919 bits per heavy atom. The predicted octanol–water partition coefficient (Wildman–Crippen LogP) is 5.81. The van der Waals surface area contributed by atoms with E-state index in [1.54, 1.807) is 48.5 Å². The highest BCUT2D eigenvalue weighted by atomic mass is 79.9. The number of anilines is 2. The summed E-state index contributed by atoms with van der Waals surface area (Å²) in [7, 11) is 0. The van der Waals surface area contributed by atoms with Crippen molar-refractivity contribution in [1.82, 2.24) is 0 Å². The summed E-state index contributed by atoms with van der Waals surface area (Å²) >= 11 is 3.45. The van der Waals surface area contributed by atoms with Gasteiger partial charge in [0.25, 0.3) is 11.8 Å². The first-order valence-corrected chi connectivity index (χ1v) is 12.3. The maximum absolute atomic E-state index is 12.7. The van der Waals surface area contributed by atoms with Crippen LogP contribution in [0.25, 0.3) is 6.08 Å². The van der Waals surface area contributed by atoms with E-state index < -0.39 is 5.91 Å². The number of amides is 2. The Hall–Kier alpha value is -4.29. The highest BCUT2D eigenvalue weighted by Crippen LogP contribution is 2.37. The van der Waals surface area contributed by atoms with Gasteiger partial charge in [0, 0.05) is 11.4 Å². The van der Waals surface area contributed by atoms with Gasteiger partial charge < -0.3 is 24.8 Å². The normalized spacial score (nSPS) is 10.7. The van der Waals surface area contributed by atoms with Gasteiger partial charge in [-0.3, -0.25) is 9.59 Å². The molecule has 0 aliphatic rings. The van der Waals surface area contributed by atoms with E-state index in [9.17, 15) is 14.9 Å². The molecule has 3 rings (SSSR count). The molecule has 2 N–H and O–H groups in total. The molecule has 0 aromatic heterocycles. The molecule has 0 bridgehead atoms. The Kier molecular flexibility index (Phi) is 10.1. The molecular formula is C28H26BrN3O5. The number of rotatable bonds is 11. The van der Waals surface area contributed by atoms with Crippen LogP contribution in [0.4, 0.5) is 11.4 Å². The van der Waals surface area contributed by atoms with Crippen LogP contribution >= 0.6 is 15.9 Å². The standard InChI is InChI=1S/C28H26BrN3O5/c1-3-35-23-12-10-22(11-13-23)32-28(34)20(17-30)14-19-15-24(29)27(25(16-19)36-4-2)37-18-26(33)31-21-8-6-5-7-9-21/h5-16H,3-4,18H2,1-2H3,(H,31,33)(H,32,34)/b20-14+. The minimum absolute atomic E-state index is 0.0980. The van der Waals surface area contributed by atoms with Crippen molar-refractivity contribution < 1.29 is 23.8 Å². The quantitative estimate of drug-likeness (QED) is 0.225. The molecule has 3 aromatic rings. The van der Waals surface area contributed by atoms with Crippen LogP contribution in [-0.4, -0.2) is 31.6 Å². The van der Waals surface area contributed by atoms with Crippen molar-refractivity contribution in [3.8, 4) is 23.3 Å².